The second-order valence-corrected chi connectivity index (χ2v) is 7.97. The lowest BCUT2D eigenvalue weighted by Gasteiger charge is -2.34. The van der Waals surface area contributed by atoms with E-state index in [1.165, 1.54) is 19.3 Å². The maximum Gasteiger partial charge on any atom is 0.243 e. The standard InChI is InChI=1S/C20H37N5O3/c1-24(2)19(27)15-21-20(22-16-7-5-4-6-8-16)23-17-9-12-25(13-10-17)18(26)11-14-28-3/h16-17H,4-15H2,1-3H3,(H2,21,22,23). The first-order chi connectivity index (χ1) is 13.5. The zero-order valence-corrected chi connectivity index (χ0v) is 17.7. The average molecular weight is 396 g/mol. The molecule has 8 nitrogen and oxygen atoms in total. The summed E-state index contributed by atoms with van der Waals surface area (Å²) in [7, 11) is 5.11. The molecule has 2 aliphatic rings. The van der Waals surface area contributed by atoms with Gasteiger partial charge < -0.3 is 25.2 Å². The van der Waals surface area contributed by atoms with E-state index in [1.807, 2.05) is 4.90 Å². The summed E-state index contributed by atoms with van der Waals surface area (Å²) < 4.78 is 5.00. The van der Waals surface area contributed by atoms with E-state index in [0.717, 1.165) is 44.7 Å². The lowest BCUT2D eigenvalue weighted by atomic mass is 9.95. The smallest absolute Gasteiger partial charge is 0.243 e. The van der Waals surface area contributed by atoms with E-state index in [-0.39, 0.29) is 24.4 Å². The molecule has 0 spiro atoms. The average Bonchev–Trinajstić information content (AvgIpc) is 2.71. The molecule has 0 aromatic carbocycles. The Labute approximate surface area is 169 Å². The highest BCUT2D eigenvalue weighted by atomic mass is 16.5. The number of carbonyl (C=O) groups is 2. The van der Waals surface area contributed by atoms with Crippen LogP contribution in [0.3, 0.4) is 0 Å². The summed E-state index contributed by atoms with van der Waals surface area (Å²) >= 11 is 0. The van der Waals surface area contributed by atoms with Gasteiger partial charge in [0.2, 0.25) is 11.8 Å². The minimum atomic E-state index is -0.0108. The highest BCUT2D eigenvalue weighted by Crippen LogP contribution is 2.17. The van der Waals surface area contributed by atoms with Crippen molar-refractivity contribution in [2.45, 2.75) is 63.5 Å². The van der Waals surface area contributed by atoms with Crippen molar-refractivity contribution in [3.05, 3.63) is 0 Å². The molecule has 8 heteroatoms. The van der Waals surface area contributed by atoms with Crippen molar-refractivity contribution in [1.82, 2.24) is 20.4 Å². The molecule has 1 saturated heterocycles. The highest BCUT2D eigenvalue weighted by Gasteiger charge is 2.24. The largest absolute Gasteiger partial charge is 0.384 e. The van der Waals surface area contributed by atoms with E-state index in [1.54, 1.807) is 26.1 Å². The van der Waals surface area contributed by atoms with Gasteiger partial charge in [-0.15, -0.1) is 0 Å². The topological polar surface area (TPSA) is 86.3 Å². The number of methoxy groups -OCH3 is 1. The third-order valence-corrected chi connectivity index (χ3v) is 5.53. The Balaban J connectivity index is 1.87. The van der Waals surface area contributed by atoms with Gasteiger partial charge in [0.25, 0.3) is 0 Å². The van der Waals surface area contributed by atoms with Crippen LogP contribution in [-0.2, 0) is 14.3 Å². The molecular formula is C20H37N5O3. The number of likely N-dealkylation sites (N-methyl/N-ethyl adjacent to an activating group) is 1. The molecule has 1 saturated carbocycles. The van der Waals surface area contributed by atoms with Gasteiger partial charge in [0.05, 0.1) is 13.0 Å². The van der Waals surface area contributed by atoms with Crippen LogP contribution >= 0.6 is 0 Å². The number of hydrogen-bond acceptors (Lipinski definition) is 4. The van der Waals surface area contributed by atoms with E-state index >= 15 is 0 Å². The van der Waals surface area contributed by atoms with Crippen LogP contribution in [0.1, 0.15) is 51.4 Å². The molecule has 2 amide bonds. The van der Waals surface area contributed by atoms with Crippen LogP contribution in [0.15, 0.2) is 4.99 Å². The quantitative estimate of drug-likeness (QED) is 0.496. The third-order valence-electron chi connectivity index (χ3n) is 5.53. The van der Waals surface area contributed by atoms with E-state index < -0.39 is 0 Å². The van der Waals surface area contributed by atoms with Crippen LogP contribution in [0.25, 0.3) is 0 Å². The van der Waals surface area contributed by atoms with E-state index in [0.29, 0.717) is 19.1 Å². The van der Waals surface area contributed by atoms with Crippen molar-refractivity contribution in [3.63, 3.8) is 0 Å². The van der Waals surface area contributed by atoms with Crippen molar-refractivity contribution in [1.29, 1.82) is 0 Å². The van der Waals surface area contributed by atoms with Crippen LogP contribution in [0.4, 0.5) is 0 Å². The van der Waals surface area contributed by atoms with Gasteiger partial charge in [-0.25, -0.2) is 4.99 Å². The number of aliphatic imine (C=N–C) groups is 1. The van der Waals surface area contributed by atoms with Gasteiger partial charge in [-0.2, -0.15) is 0 Å². The molecule has 0 aromatic heterocycles. The molecule has 0 unspecified atom stereocenters. The molecule has 2 N–H and O–H groups in total. The van der Waals surface area contributed by atoms with Gasteiger partial charge in [-0.1, -0.05) is 19.3 Å². The molecular weight excluding hydrogens is 358 g/mol. The maximum atomic E-state index is 12.1. The van der Waals surface area contributed by atoms with Crippen molar-refractivity contribution >= 4 is 17.8 Å². The molecule has 2 fully saturated rings. The number of carbonyl (C=O) groups excluding carboxylic acids is 2. The predicted octanol–water partition coefficient (Wildman–Crippen LogP) is 0.970. The normalized spacial score (nSPS) is 19.4. The molecule has 28 heavy (non-hydrogen) atoms. The molecule has 1 heterocycles. The Morgan fingerprint density at radius 1 is 1.04 bits per heavy atom. The number of nitrogens with one attached hydrogen (secondary N) is 2. The van der Waals surface area contributed by atoms with Gasteiger partial charge in [0.1, 0.15) is 6.54 Å². The molecule has 1 aliphatic heterocycles. The number of piperidine rings is 1. The molecule has 0 atom stereocenters. The van der Waals surface area contributed by atoms with Crippen LogP contribution in [0, 0.1) is 0 Å². The Morgan fingerprint density at radius 2 is 1.64 bits per heavy atom. The minimum Gasteiger partial charge on any atom is -0.384 e. The van der Waals surface area contributed by atoms with Crippen LogP contribution in [0.2, 0.25) is 0 Å². The number of hydrogen-bond donors (Lipinski definition) is 2. The van der Waals surface area contributed by atoms with Crippen LogP contribution < -0.4 is 10.6 Å². The Bertz CT molecular complexity index is 524. The number of guanidine groups is 1. The fourth-order valence-corrected chi connectivity index (χ4v) is 3.68. The van der Waals surface area contributed by atoms with Crippen molar-refractivity contribution in [3.8, 4) is 0 Å². The third kappa shape index (κ3) is 7.66. The number of nitrogens with zero attached hydrogens (tertiary/aromatic N) is 3. The van der Waals surface area contributed by atoms with Gasteiger partial charge in [0, 0.05) is 46.4 Å². The molecule has 0 aromatic rings. The first-order valence-corrected chi connectivity index (χ1v) is 10.5. The summed E-state index contributed by atoms with van der Waals surface area (Å²) in [6, 6.07) is 0.681. The SMILES string of the molecule is COCCC(=O)N1CCC(NC(=NCC(=O)N(C)C)NC2CCCCC2)CC1. The molecule has 1 aliphatic carbocycles. The maximum absolute atomic E-state index is 12.1. The number of amides is 2. The second-order valence-electron chi connectivity index (χ2n) is 7.97. The first-order valence-electron chi connectivity index (χ1n) is 10.5. The Morgan fingerprint density at radius 3 is 2.21 bits per heavy atom. The number of likely N-dealkylation sites (tertiary alicyclic amines) is 1. The summed E-state index contributed by atoms with van der Waals surface area (Å²) in [5, 5.41) is 7.04. The van der Waals surface area contributed by atoms with Crippen molar-refractivity contribution in [2.75, 3.05) is 47.4 Å². The highest BCUT2D eigenvalue weighted by molar-refractivity contribution is 5.85. The first kappa shape index (κ1) is 22.5. The van der Waals surface area contributed by atoms with Gasteiger partial charge in [0.15, 0.2) is 5.96 Å². The van der Waals surface area contributed by atoms with Gasteiger partial charge in [-0.05, 0) is 25.7 Å². The minimum absolute atomic E-state index is 0.0108. The summed E-state index contributed by atoms with van der Waals surface area (Å²) in [4.78, 5) is 32.1. The Kier molecular flexibility index (Phi) is 9.54. The van der Waals surface area contributed by atoms with Crippen molar-refractivity contribution in [2.24, 2.45) is 4.99 Å². The van der Waals surface area contributed by atoms with Crippen LogP contribution in [-0.4, -0.2) is 87.1 Å². The summed E-state index contributed by atoms with van der Waals surface area (Å²) in [6.07, 6.45) is 8.28. The number of ether oxygens (including phenoxy) is 1. The zero-order valence-electron chi connectivity index (χ0n) is 17.7. The zero-order chi connectivity index (χ0) is 20.4. The summed E-state index contributed by atoms with van der Waals surface area (Å²) in [6.45, 7) is 2.10. The molecule has 0 bridgehead atoms. The molecule has 160 valence electrons. The van der Waals surface area contributed by atoms with Gasteiger partial charge in [-0.3, -0.25) is 9.59 Å². The van der Waals surface area contributed by atoms with E-state index in [2.05, 4.69) is 15.6 Å². The summed E-state index contributed by atoms with van der Waals surface area (Å²) in [5.41, 5.74) is 0. The Hall–Kier alpha value is -1.83. The fourth-order valence-electron chi connectivity index (χ4n) is 3.68. The monoisotopic (exact) mass is 395 g/mol. The van der Waals surface area contributed by atoms with E-state index in [9.17, 15) is 9.59 Å². The van der Waals surface area contributed by atoms with E-state index in [4.69, 9.17) is 4.74 Å². The molecule has 2 rings (SSSR count). The predicted molar refractivity (Wildman–Crippen MR) is 110 cm³/mol. The van der Waals surface area contributed by atoms with Crippen molar-refractivity contribution < 1.29 is 14.3 Å². The van der Waals surface area contributed by atoms with Crippen LogP contribution in [0.5, 0.6) is 0 Å². The molecule has 0 radical (unpaired) electrons. The lowest BCUT2D eigenvalue weighted by molar-refractivity contribution is -0.133. The van der Waals surface area contributed by atoms with Gasteiger partial charge >= 0.3 is 0 Å². The second kappa shape index (κ2) is 11.9. The summed E-state index contributed by atoms with van der Waals surface area (Å²) in [5.74, 6) is 0.876. The lowest BCUT2D eigenvalue weighted by Crippen LogP contribution is -2.52. The fraction of sp³-hybridized carbons (Fsp3) is 0.850. The number of rotatable bonds is 7.